The summed E-state index contributed by atoms with van der Waals surface area (Å²) >= 11 is 0. The van der Waals surface area contributed by atoms with Gasteiger partial charge in [0.25, 0.3) is 0 Å². The highest BCUT2D eigenvalue weighted by molar-refractivity contribution is 5.50. The molecule has 1 atom stereocenters. The fourth-order valence-corrected chi connectivity index (χ4v) is 1.39. The van der Waals surface area contributed by atoms with E-state index in [0.717, 1.165) is 6.29 Å². The topological polar surface area (TPSA) is 26.3 Å². The summed E-state index contributed by atoms with van der Waals surface area (Å²) in [6, 6.07) is 0. The molecule has 0 aliphatic heterocycles. The molecule has 58 valence electrons. The number of carbonyl (C=O) groups excluding carboxylic acids is 1. The first-order valence-corrected chi connectivity index (χ1v) is 3.85. The SMILES string of the molecule is COC(CC=O)C1CCC1. The zero-order chi connectivity index (χ0) is 7.40. The predicted molar refractivity (Wildman–Crippen MR) is 38.8 cm³/mol. The highest BCUT2D eigenvalue weighted by Gasteiger charge is 2.26. The fraction of sp³-hybridized carbons (Fsp3) is 0.875. The lowest BCUT2D eigenvalue weighted by Crippen LogP contribution is -2.28. The molecule has 1 saturated carbocycles. The summed E-state index contributed by atoms with van der Waals surface area (Å²) in [5.74, 6) is 0.662. The molecule has 2 heteroatoms. The van der Waals surface area contributed by atoms with Gasteiger partial charge in [-0.3, -0.25) is 0 Å². The number of methoxy groups -OCH3 is 1. The fourth-order valence-electron chi connectivity index (χ4n) is 1.39. The average Bonchev–Trinajstić information content (AvgIpc) is 1.83. The molecular formula is C8H14O2. The van der Waals surface area contributed by atoms with E-state index in [9.17, 15) is 4.79 Å². The predicted octanol–water partition coefficient (Wildman–Crippen LogP) is 1.39. The van der Waals surface area contributed by atoms with E-state index in [1.54, 1.807) is 7.11 Å². The lowest BCUT2D eigenvalue weighted by molar-refractivity contribution is -0.111. The van der Waals surface area contributed by atoms with Gasteiger partial charge in [-0.1, -0.05) is 6.42 Å². The largest absolute Gasteiger partial charge is 0.381 e. The molecule has 1 rings (SSSR count). The van der Waals surface area contributed by atoms with Crippen LogP contribution in [0.3, 0.4) is 0 Å². The molecule has 0 spiro atoms. The van der Waals surface area contributed by atoms with E-state index in [1.807, 2.05) is 0 Å². The number of aldehydes is 1. The van der Waals surface area contributed by atoms with Gasteiger partial charge in [0.2, 0.25) is 0 Å². The molecule has 10 heavy (non-hydrogen) atoms. The van der Waals surface area contributed by atoms with Crippen molar-refractivity contribution in [2.45, 2.75) is 31.8 Å². The third-order valence-electron chi connectivity index (χ3n) is 2.31. The van der Waals surface area contributed by atoms with Gasteiger partial charge >= 0.3 is 0 Å². The van der Waals surface area contributed by atoms with Crippen LogP contribution in [0.4, 0.5) is 0 Å². The maximum Gasteiger partial charge on any atom is 0.122 e. The minimum atomic E-state index is 0.200. The first-order valence-electron chi connectivity index (χ1n) is 3.85. The molecule has 0 saturated heterocycles. The van der Waals surface area contributed by atoms with E-state index < -0.39 is 0 Å². The smallest absolute Gasteiger partial charge is 0.122 e. The number of hydrogen-bond donors (Lipinski definition) is 0. The summed E-state index contributed by atoms with van der Waals surface area (Å²) in [5.41, 5.74) is 0. The summed E-state index contributed by atoms with van der Waals surface area (Å²) in [7, 11) is 1.69. The van der Waals surface area contributed by atoms with Crippen LogP contribution in [0.15, 0.2) is 0 Å². The molecule has 1 fully saturated rings. The third-order valence-corrected chi connectivity index (χ3v) is 2.31. The van der Waals surface area contributed by atoms with E-state index in [0.29, 0.717) is 12.3 Å². The van der Waals surface area contributed by atoms with Crippen LogP contribution >= 0.6 is 0 Å². The van der Waals surface area contributed by atoms with Crippen molar-refractivity contribution in [3.63, 3.8) is 0 Å². The maximum atomic E-state index is 10.1. The van der Waals surface area contributed by atoms with Gasteiger partial charge in [-0.2, -0.15) is 0 Å². The second-order valence-electron chi connectivity index (χ2n) is 2.87. The van der Waals surface area contributed by atoms with Crippen LogP contribution in [-0.4, -0.2) is 19.5 Å². The monoisotopic (exact) mass is 142 g/mol. The Labute approximate surface area is 61.6 Å². The summed E-state index contributed by atoms with van der Waals surface area (Å²) in [5, 5.41) is 0. The minimum absolute atomic E-state index is 0.200. The molecule has 1 aliphatic carbocycles. The van der Waals surface area contributed by atoms with Crippen LogP contribution in [0.5, 0.6) is 0 Å². The van der Waals surface area contributed by atoms with E-state index in [-0.39, 0.29) is 6.10 Å². The molecule has 0 radical (unpaired) electrons. The second-order valence-corrected chi connectivity index (χ2v) is 2.87. The Kier molecular flexibility index (Phi) is 2.87. The van der Waals surface area contributed by atoms with Crippen LogP contribution < -0.4 is 0 Å². The van der Waals surface area contributed by atoms with E-state index >= 15 is 0 Å². The van der Waals surface area contributed by atoms with Gasteiger partial charge in [0.05, 0.1) is 6.10 Å². The van der Waals surface area contributed by atoms with Crippen molar-refractivity contribution in [3.8, 4) is 0 Å². The van der Waals surface area contributed by atoms with Crippen molar-refractivity contribution < 1.29 is 9.53 Å². The summed E-state index contributed by atoms with van der Waals surface area (Å²) in [4.78, 5) is 10.1. The lowest BCUT2D eigenvalue weighted by atomic mass is 9.80. The van der Waals surface area contributed by atoms with Gasteiger partial charge in [-0.25, -0.2) is 0 Å². The van der Waals surface area contributed by atoms with Crippen molar-refractivity contribution in [2.24, 2.45) is 5.92 Å². The molecule has 0 aromatic carbocycles. The van der Waals surface area contributed by atoms with Gasteiger partial charge in [0.1, 0.15) is 6.29 Å². The van der Waals surface area contributed by atoms with Crippen molar-refractivity contribution in [1.29, 1.82) is 0 Å². The van der Waals surface area contributed by atoms with Crippen molar-refractivity contribution in [3.05, 3.63) is 0 Å². The zero-order valence-corrected chi connectivity index (χ0v) is 6.38. The van der Waals surface area contributed by atoms with Crippen LogP contribution in [0, 0.1) is 5.92 Å². The molecule has 0 heterocycles. The van der Waals surface area contributed by atoms with Gasteiger partial charge in [0.15, 0.2) is 0 Å². The van der Waals surface area contributed by atoms with Crippen LogP contribution in [0.1, 0.15) is 25.7 Å². The highest BCUT2D eigenvalue weighted by Crippen LogP contribution is 2.31. The molecule has 1 unspecified atom stereocenters. The first-order chi connectivity index (χ1) is 4.88. The molecule has 0 aromatic rings. The number of ether oxygens (including phenoxy) is 1. The van der Waals surface area contributed by atoms with Crippen molar-refractivity contribution in [1.82, 2.24) is 0 Å². The zero-order valence-electron chi connectivity index (χ0n) is 6.38. The van der Waals surface area contributed by atoms with E-state index in [4.69, 9.17) is 4.74 Å². The Balaban J connectivity index is 2.23. The Morgan fingerprint density at radius 3 is 2.70 bits per heavy atom. The number of carbonyl (C=O) groups is 1. The maximum absolute atomic E-state index is 10.1. The van der Waals surface area contributed by atoms with Crippen LogP contribution in [0.25, 0.3) is 0 Å². The quantitative estimate of drug-likeness (QED) is 0.554. The molecule has 0 aromatic heterocycles. The molecule has 2 nitrogen and oxygen atoms in total. The van der Waals surface area contributed by atoms with Crippen molar-refractivity contribution in [2.75, 3.05) is 7.11 Å². The Morgan fingerprint density at radius 2 is 2.40 bits per heavy atom. The molecule has 0 N–H and O–H groups in total. The van der Waals surface area contributed by atoms with E-state index in [2.05, 4.69) is 0 Å². The molecule has 0 bridgehead atoms. The second kappa shape index (κ2) is 3.71. The lowest BCUT2D eigenvalue weighted by Gasteiger charge is -2.31. The normalized spacial score (nSPS) is 21.7. The van der Waals surface area contributed by atoms with Crippen LogP contribution in [0.2, 0.25) is 0 Å². The Hall–Kier alpha value is -0.370. The van der Waals surface area contributed by atoms with Gasteiger partial charge in [0, 0.05) is 13.5 Å². The summed E-state index contributed by atoms with van der Waals surface area (Å²) < 4.78 is 5.16. The Morgan fingerprint density at radius 1 is 1.70 bits per heavy atom. The van der Waals surface area contributed by atoms with Gasteiger partial charge in [-0.05, 0) is 18.8 Å². The van der Waals surface area contributed by atoms with E-state index in [1.165, 1.54) is 19.3 Å². The van der Waals surface area contributed by atoms with Gasteiger partial charge < -0.3 is 9.53 Å². The molecule has 1 aliphatic rings. The number of rotatable bonds is 4. The van der Waals surface area contributed by atoms with Gasteiger partial charge in [-0.15, -0.1) is 0 Å². The van der Waals surface area contributed by atoms with Crippen molar-refractivity contribution >= 4 is 6.29 Å². The van der Waals surface area contributed by atoms with Crippen LogP contribution in [-0.2, 0) is 9.53 Å². The standard InChI is InChI=1S/C8H14O2/c1-10-8(5-6-9)7-3-2-4-7/h6-8H,2-5H2,1H3. The molecular weight excluding hydrogens is 128 g/mol. The summed E-state index contributed by atoms with van der Waals surface area (Å²) in [6.07, 6.45) is 5.52. The number of hydrogen-bond acceptors (Lipinski definition) is 2. The molecule has 0 amide bonds. The Bertz CT molecular complexity index is 108. The minimum Gasteiger partial charge on any atom is -0.381 e. The average molecular weight is 142 g/mol. The highest BCUT2D eigenvalue weighted by atomic mass is 16.5. The first kappa shape index (κ1) is 7.73. The summed E-state index contributed by atoms with van der Waals surface area (Å²) in [6.45, 7) is 0. The third kappa shape index (κ3) is 1.57.